The average molecular weight is 300 g/mol. The van der Waals surface area contributed by atoms with E-state index < -0.39 is 10.0 Å². The molecule has 98 valence electrons. The van der Waals surface area contributed by atoms with Crippen molar-refractivity contribution < 1.29 is 18.6 Å². The first kappa shape index (κ1) is 14.9. The number of halogens is 1. The number of aliphatic hydroxyl groups is 2. The van der Waals surface area contributed by atoms with E-state index >= 15 is 0 Å². The highest BCUT2D eigenvalue weighted by Crippen LogP contribution is 2.31. The standard InChI is InChI=1S/C9H14ClNO4S2/c1-7-6-8(16-9(7)10)17(14,15)11(2-4-12)3-5-13/h6,12-13H,2-5H2,1H3. The fourth-order valence-electron chi connectivity index (χ4n) is 1.26. The molecule has 0 spiro atoms. The van der Waals surface area contributed by atoms with Crippen molar-refractivity contribution in [1.82, 2.24) is 4.31 Å². The van der Waals surface area contributed by atoms with Crippen molar-refractivity contribution in [2.75, 3.05) is 26.3 Å². The van der Waals surface area contributed by atoms with E-state index in [1.165, 1.54) is 6.07 Å². The van der Waals surface area contributed by atoms with Gasteiger partial charge in [-0.25, -0.2) is 8.42 Å². The Kier molecular flexibility index (Phi) is 5.36. The second-order valence-electron chi connectivity index (χ2n) is 3.37. The first-order valence-electron chi connectivity index (χ1n) is 4.91. The van der Waals surface area contributed by atoms with Gasteiger partial charge in [-0.15, -0.1) is 11.3 Å². The number of aliphatic hydroxyl groups excluding tert-OH is 2. The van der Waals surface area contributed by atoms with Crippen LogP contribution in [0.5, 0.6) is 0 Å². The van der Waals surface area contributed by atoms with Crippen LogP contribution < -0.4 is 0 Å². The molecule has 1 heterocycles. The summed E-state index contributed by atoms with van der Waals surface area (Å²) in [6, 6.07) is 1.49. The summed E-state index contributed by atoms with van der Waals surface area (Å²) in [5.41, 5.74) is 0.697. The molecule has 8 heteroatoms. The summed E-state index contributed by atoms with van der Waals surface area (Å²) in [5, 5.41) is 17.6. The van der Waals surface area contributed by atoms with Crippen molar-refractivity contribution in [2.45, 2.75) is 11.1 Å². The Balaban J connectivity index is 3.06. The van der Waals surface area contributed by atoms with Crippen molar-refractivity contribution >= 4 is 33.0 Å². The van der Waals surface area contributed by atoms with Gasteiger partial charge in [0.2, 0.25) is 0 Å². The predicted molar refractivity (Wildman–Crippen MR) is 67.0 cm³/mol. The Morgan fingerprint density at radius 3 is 2.24 bits per heavy atom. The molecule has 1 aromatic heterocycles. The minimum absolute atomic E-state index is 0.0442. The minimum Gasteiger partial charge on any atom is -0.395 e. The number of aryl methyl sites for hydroxylation is 1. The highest BCUT2D eigenvalue weighted by atomic mass is 35.5. The second kappa shape index (κ2) is 6.12. The van der Waals surface area contributed by atoms with Crippen molar-refractivity contribution in [3.63, 3.8) is 0 Å². The number of hydrogen-bond donors (Lipinski definition) is 2. The van der Waals surface area contributed by atoms with Gasteiger partial charge in [-0.1, -0.05) is 11.6 Å². The highest BCUT2D eigenvalue weighted by molar-refractivity contribution is 7.91. The zero-order valence-electron chi connectivity index (χ0n) is 9.26. The lowest BCUT2D eigenvalue weighted by Gasteiger charge is -2.18. The van der Waals surface area contributed by atoms with E-state index in [1.54, 1.807) is 6.92 Å². The molecular formula is C9H14ClNO4S2. The third kappa shape index (κ3) is 3.40. The molecule has 0 saturated heterocycles. The van der Waals surface area contributed by atoms with E-state index in [1.807, 2.05) is 0 Å². The third-order valence-corrected chi connectivity index (χ3v) is 6.03. The lowest BCUT2D eigenvalue weighted by molar-refractivity contribution is 0.217. The third-order valence-electron chi connectivity index (χ3n) is 2.13. The molecule has 0 aliphatic carbocycles. The van der Waals surface area contributed by atoms with Gasteiger partial charge in [0, 0.05) is 13.1 Å². The number of hydrogen-bond acceptors (Lipinski definition) is 5. The van der Waals surface area contributed by atoms with Gasteiger partial charge in [0.1, 0.15) is 4.21 Å². The quantitative estimate of drug-likeness (QED) is 0.810. The molecule has 2 N–H and O–H groups in total. The van der Waals surface area contributed by atoms with Gasteiger partial charge < -0.3 is 10.2 Å². The van der Waals surface area contributed by atoms with Crippen LogP contribution in [-0.4, -0.2) is 49.2 Å². The van der Waals surface area contributed by atoms with Crippen molar-refractivity contribution in [3.05, 3.63) is 16.0 Å². The van der Waals surface area contributed by atoms with Gasteiger partial charge in [-0.05, 0) is 18.6 Å². The topological polar surface area (TPSA) is 77.8 Å². The summed E-state index contributed by atoms with van der Waals surface area (Å²) >= 11 is 6.80. The molecule has 0 amide bonds. The van der Waals surface area contributed by atoms with Crippen LogP contribution in [0.1, 0.15) is 5.56 Å². The summed E-state index contributed by atoms with van der Waals surface area (Å²) < 4.78 is 25.9. The van der Waals surface area contributed by atoms with Gasteiger partial charge in [0.15, 0.2) is 0 Å². The molecule has 0 unspecified atom stereocenters. The average Bonchev–Trinajstić information content (AvgIpc) is 2.59. The number of rotatable bonds is 6. The molecule has 0 bridgehead atoms. The molecule has 1 rings (SSSR count). The number of sulfonamides is 1. The van der Waals surface area contributed by atoms with E-state index in [-0.39, 0.29) is 30.5 Å². The van der Waals surface area contributed by atoms with Crippen molar-refractivity contribution in [2.24, 2.45) is 0 Å². The normalized spacial score (nSPS) is 12.3. The smallest absolute Gasteiger partial charge is 0.252 e. The second-order valence-corrected chi connectivity index (χ2v) is 7.19. The summed E-state index contributed by atoms with van der Waals surface area (Å²) in [6.07, 6.45) is 0. The van der Waals surface area contributed by atoms with E-state index in [9.17, 15) is 8.42 Å². The van der Waals surface area contributed by atoms with Gasteiger partial charge in [0.05, 0.1) is 17.6 Å². The van der Waals surface area contributed by atoms with E-state index in [0.29, 0.717) is 9.90 Å². The molecule has 0 radical (unpaired) electrons. The van der Waals surface area contributed by atoms with Crippen LogP contribution in [0.2, 0.25) is 4.34 Å². The fourth-order valence-corrected chi connectivity index (χ4v) is 4.55. The Morgan fingerprint density at radius 1 is 1.35 bits per heavy atom. The maximum atomic E-state index is 12.1. The predicted octanol–water partition coefficient (Wildman–Crippen LogP) is 0.685. The van der Waals surface area contributed by atoms with Crippen LogP contribution in [0.15, 0.2) is 10.3 Å². The van der Waals surface area contributed by atoms with Gasteiger partial charge in [-0.2, -0.15) is 4.31 Å². The molecule has 0 aliphatic heterocycles. The van der Waals surface area contributed by atoms with E-state index in [0.717, 1.165) is 15.6 Å². The van der Waals surface area contributed by atoms with Crippen LogP contribution in [0.25, 0.3) is 0 Å². The fraction of sp³-hybridized carbons (Fsp3) is 0.556. The molecule has 0 aliphatic rings. The molecule has 0 saturated carbocycles. The van der Waals surface area contributed by atoms with E-state index in [2.05, 4.69) is 0 Å². The first-order chi connectivity index (χ1) is 7.93. The summed E-state index contributed by atoms with van der Waals surface area (Å²) in [4.78, 5) is 0. The highest BCUT2D eigenvalue weighted by Gasteiger charge is 2.26. The molecule has 0 aromatic carbocycles. The SMILES string of the molecule is Cc1cc(S(=O)(=O)N(CCO)CCO)sc1Cl. The maximum Gasteiger partial charge on any atom is 0.252 e. The minimum atomic E-state index is -3.68. The van der Waals surface area contributed by atoms with Crippen LogP contribution in [0, 0.1) is 6.92 Å². The van der Waals surface area contributed by atoms with Gasteiger partial charge >= 0.3 is 0 Å². The summed E-state index contributed by atoms with van der Waals surface area (Å²) in [6.45, 7) is 1.05. The molecular weight excluding hydrogens is 286 g/mol. The molecule has 17 heavy (non-hydrogen) atoms. The Bertz CT molecular complexity index is 446. The van der Waals surface area contributed by atoms with Crippen LogP contribution >= 0.6 is 22.9 Å². The number of thiophene rings is 1. The first-order valence-corrected chi connectivity index (χ1v) is 7.54. The van der Waals surface area contributed by atoms with Crippen LogP contribution in [-0.2, 0) is 10.0 Å². The zero-order chi connectivity index (χ0) is 13.1. The lowest BCUT2D eigenvalue weighted by atomic mass is 10.4. The van der Waals surface area contributed by atoms with Crippen molar-refractivity contribution in [1.29, 1.82) is 0 Å². The molecule has 0 fully saturated rings. The molecule has 5 nitrogen and oxygen atoms in total. The molecule has 0 atom stereocenters. The van der Waals surface area contributed by atoms with E-state index in [4.69, 9.17) is 21.8 Å². The van der Waals surface area contributed by atoms with Gasteiger partial charge in [-0.3, -0.25) is 0 Å². The van der Waals surface area contributed by atoms with Crippen LogP contribution in [0.3, 0.4) is 0 Å². The maximum absolute atomic E-state index is 12.1. The monoisotopic (exact) mass is 299 g/mol. The Labute approximate surface area is 109 Å². The van der Waals surface area contributed by atoms with Gasteiger partial charge in [0.25, 0.3) is 10.0 Å². The zero-order valence-corrected chi connectivity index (χ0v) is 11.6. The Morgan fingerprint density at radius 2 is 1.88 bits per heavy atom. The van der Waals surface area contributed by atoms with Crippen molar-refractivity contribution in [3.8, 4) is 0 Å². The van der Waals surface area contributed by atoms with Crippen LogP contribution in [0.4, 0.5) is 0 Å². The Hall–Kier alpha value is -0.180. The summed E-state index contributed by atoms with van der Waals surface area (Å²) in [7, 11) is -3.68. The summed E-state index contributed by atoms with van der Waals surface area (Å²) in [5.74, 6) is 0. The number of nitrogens with zero attached hydrogens (tertiary/aromatic N) is 1. The molecule has 1 aromatic rings. The largest absolute Gasteiger partial charge is 0.395 e. The lowest BCUT2D eigenvalue weighted by Crippen LogP contribution is -2.35.